The summed E-state index contributed by atoms with van der Waals surface area (Å²) in [7, 11) is 0. The molecule has 3 nitrogen and oxygen atoms in total. The lowest BCUT2D eigenvalue weighted by molar-refractivity contribution is 0.835. The van der Waals surface area contributed by atoms with Crippen LogP contribution in [0.15, 0.2) is 30.5 Å². The van der Waals surface area contributed by atoms with Crippen molar-refractivity contribution in [1.29, 1.82) is 0 Å². The van der Waals surface area contributed by atoms with Crippen molar-refractivity contribution in [3.63, 3.8) is 0 Å². The summed E-state index contributed by atoms with van der Waals surface area (Å²) in [5.74, 6) is 0. The fourth-order valence-electron chi connectivity index (χ4n) is 2.15. The van der Waals surface area contributed by atoms with Gasteiger partial charge < -0.3 is 10.6 Å². The van der Waals surface area contributed by atoms with Gasteiger partial charge in [0.1, 0.15) is 0 Å². The third kappa shape index (κ3) is 1.83. The highest BCUT2D eigenvalue weighted by Crippen LogP contribution is 2.37. The van der Waals surface area contributed by atoms with Crippen LogP contribution in [0.4, 0.5) is 10.8 Å². The van der Waals surface area contributed by atoms with Gasteiger partial charge in [-0.05, 0) is 25.0 Å². The van der Waals surface area contributed by atoms with Gasteiger partial charge in [-0.3, -0.25) is 0 Å². The molecule has 2 N–H and O–H groups in total. The average molecular weight is 245 g/mol. The van der Waals surface area contributed by atoms with Gasteiger partial charge in [0.05, 0.1) is 0 Å². The Hall–Kier alpha value is -1.39. The smallest absolute Gasteiger partial charge is 0.190 e. The first-order valence-corrected chi connectivity index (χ1v) is 6.64. The van der Waals surface area contributed by atoms with Gasteiger partial charge in [-0.2, -0.15) is 0 Å². The van der Waals surface area contributed by atoms with Gasteiger partial charge in [-0.25, -0.2) is 4.98 Å². The monoisotopic (exact) mass is 245 g/mol. The van der Waals surface area contributed by atoms with E-state index in [1.807, 2.05) is 13.1 Å². The third-order valence-electron chi connectivity index (χ3n) is 3.08. The van der Waals surface area contributed by atoms with Crippen molar-refractivity contribution in [3.8, 4) is 0 Å². The zero-order chi connectivity index (χ0) is 11.8. The van der Waals surface area contributed by atoms with Crippen LogP contribution < -0.4 is 10.6 Å². The van der Waals surface area contributed by atoms with Crippen LogP contribution in [0.5, 0.6) is 0 Å². The number of hydrogen-bond donors (Lipinski definition) is 1. The fraction of sp³-hybridized carbons (Fsp3) is 0.308. The minimum absolute atomic E-state index is 0.0686. The van der Waals surface area contributed by atoms with E-state index in [4.69, 9.17) is 5.73 Å². The van der Waals surface area contributed by atoms with Crippen LogP contribution in [0.2, 0.25) is 0 Å². The zero-order valence-corrected chi connectivity index (χ0v) is 10.6. The lowest BCUT2D eigenvalue weighted by Crippen LogP contribution is -2.12. The van der Waals surface area contributed by atoms with Gasteiger partial charge in [-0.1, -0.05) is 29.5 Å². The molecule has 0 spiro atoms. The minimum atomic E-state index is 0.0686. The summed E-state index contributed by atoms with van der Waals surface area (Å²) in [4.78, 5) is 7.91. The molecule has 1 unspecified atom stereocenters. The van der Waals surface area contributed by atoms with Crippen LogP contribution in [0.1, 0.15) is 23.4 Å². The molecule has 0 radical (unpaired) electrons. The van der Waals surface area contributed by atoms with E-state index in [2.05, 4.69) is 34.1 Å². The van der Waals surface area contributed by atoms with E-state index >= 15 is 0 Å². The Balaban J connectivity index is 1.95. The van der Waals surface area contributed by atoms with Crippen LogP contribution in [-0.2, 0) is 6.42 Å². The molecule has 1 aromatic heterocycles. The van der Waals surface area contributed by atoms with Crippen LogP contribution in [0.25, 0.3) is 0 Å². The van der Waals surface area contributed by atoms with Crippen molar-refractivity contribution < 1.29 is 0 Å². The van der Waals surface area contributed by atoms with Crippen LogP contribution >= 0.6 is 11.3 Å². The zero-order valence-electron chi connectivity index (χ0n) is 9.76. The second-order valence-electron chi connectivity index (χ2n) is 4.36. The van der Waals surface area contributed by atoms with E-state index in [9.17, 15) is 0 Å². The molecule has 1 aromatic carbocycles. The number of rotatable bonds is 2. The van der Waals surface area contributed by atoms with E-state index in [1.165, 1.54) is 11.3 Å². The summed E-state index contributed by atoms with van der Waals surface area (Å²) < 4.78 is 0. The number of hydrogen-bond acceptors (Lipinski definition) is 4. The number of benzene rings is 1. The van der Waals surface area contributed by atoms with E-state index in [1.54, 1.807) is 11.3 Å². The van der Waals surface area contributed by atoms with Gasteiger partial charge in [0.15, 0.2) is 5.13 Å². The summed E-state index contributed by atoms with van der Waals surface area (Å²) in [5, 5.41) is 1.06. The largest absolute Gasteiger partial charge is 0.323 e. The minimum Gasteiger partial charge on any atom is -0.323 e. The molecule has 2 heterocycles. The molecule has 2 aromatic rings. The molecule has 1 aliphatic heterocycles. The van der Waals surface area contributed by atoms with Crippen molar-refractivity contribution >= 4 is 22.2 Å². The second-order valence-corrected chi connectivity index (χ2v) is 5.40. The molecular formula is C13H15N3S. The van der Waals surface area contributed by atoms with E-state index in [-0.39, 0.29) is 6.04 Å². The number of thiazole rings is 1. The Labute approximate surface area is 105 Å². The Morgan fingerprint density at radius 1 is 1.41 bits per heavy atom. The standard InChI is InChI=1S/C13H15N3S/c1-9(14)12-8-15-13(17-12)16-7-6-10-4-2-3-5-11(10)16/h2-5,8-9H,6-7,14H2,1H3. The van der Waals surface area contributed by atoms with Crippen LogP contribution in [-0.4, -0.2) is 11.5 Å². The summed E-state index contributed by atoms with van der Waals surface area (Å²) in [6.45, 7) is 3.01. The maximum atomic E-state index is 5.87. The van der Waals surface area contributed by atoms with Gasteiger partial charge in [0.2, 0.25) is 0 Å². The molecular weight excluding hydrogens is 230 g/mol. The number of fused-ring (bicyclic) bond motifs is 1. The van der Waals surface area contributed by atoms with Crippen molar-refractivity contribution in [3.05, 3.63) is 40.9 Å². The highest BCUT2D eigenvalue weighted by molar-refractivity contribution is 7.15. The molecule has 0 saturated carbocycles. The highest BCUT2D eigenvalue weighted by Gasteiger charge is 2.22. The third-order valence-corrected chi connectivity index (χ3v) is 4.30. The number of para-hydroxylation sites is 1. The van der Waals surface area contributed by atoms with Gasteiger partial charge in [0, 0.05) is 29.3 Å². The first kappa shape index (κ1) is 10.7. The van der Waals surface area contributed by atoms with E-state index in [0.29, 0.717) is 0 Å². The molecule has 17 heavy (non-hydrogen) atoms. The summed E-state index contributed by atoms with van der Waals surface area (Å²) in [6, 6.07) is 8.60. The summed E-state index contributed by atoms with van der Waals surface area (Å²) in [5.41, 5.74) is 8.57. The first-order valence-electron chi connectivity index (χ1n) is 5.82. The topological polar surface area (TPSA) is 42.1 Å². The van der Waals surface area contributed by atoms with Gasteiger partial charge in [0.25, 0.3) is 0 Å². The van der Waals surface area contributed by atoms with Crippen molar-refractivity contribution in [2.24, 2.45) is 5.73 Å². The summed E-state index contributed by atoms with van der Waals surface area (Å²) >= 11 is 1.69. The molecule has 0 saturated heterocycles. The van der Waals surface area contributed by atoms with Gasteiger partial charge in [-0.15, -0.1) is 0 Å². The SMILES string of the molecule is CC(N)c1cnc(N2CCc3ccccc32)s1. The van der Waals surface area contributed by atoms with Crippen molar-refractivity contribution in [2.75, 3.05) is 11.4 Å². The van der Waals surface area contributed by atoms with Crippen molar-refractivity contribution in [2.45, 2.75) is 19.4 Å². The summed E-state index contributed by atoms with van der Waals surface area (Å²) in [6.07, 6.45) is 2.99. The lowest BCUT2D eigenvalue weighted by atomic mass is 10.2. The predicted molar refractivity (Wildman–Crippen MR) is 71.9 cm³/mol. The molecule has 0 fully saturated rings. The van der Waals surface area contributed by atoms with E-state index < -0.39 is 0 Å². The van der Waals surface area contributed by atoms with Gasteiger partial charge >= 0.3 is 0 Å². The first-order chi connectivity index (χ1) is 8.25. The maximum absolute atomic E-state index is 5.87. The number of anilines is 2. The average Bonchev–Trinajstić information content (AvgIpc) is 2.95. The fourth-order valence-corrected chi connectivity index (χ4v) is 3.06. The Morgan fingerprint density at radius 3 is 3.00 bits per heavy atom. The van der Waals surface area contributed by atoms with Crippen LogP contribution in [0, 0.1) is 0 Å². The number of nitrogens with zero attached hydrogens (tertiary/aromatic N) is 2. The maximum Gasteiger partial charge on any atom is 0.190 e. The molecule has 1 atom stereocenters. The Bertz CT molecular complexity index is 533. The predicted octanol–water partition coefficient (Wildman–Crippen LogP) is 2.86. The number of aromatic nitrogens is 1. The molecule has 1 aliphatic rings. The quantitative estimate of drug-likeness (QED) is 0.884. The number of nitrogens with two attached hydrogens (primary N) is 1. The molecule has 88 valence electrons. The second kappa shape index (κ2) is 4.13. The lowest BCUT2D eigenvalue weighted by Gasteiger charge is -2.15. The molecule has 0 bridgehead atoms. The van der Waals surface area contributed by atoms with Crippen LogP contribution in [0.3, 0.4) is 0 Å². The van der Waals surface area contributed by atoms with E-state index in [0.717, 1.165) is 23.0 Å². The molecule has 0 amide bonds. The Morgan fingerprint density at radius 2 is 2.24 bits per heavy atom. The highest BCUT2D eigenvalue weighted by atomic mass is 32.1. The van der Waals surface area contributed by atoms with Crippen molar-refractivity contribution in [1.82, 2.24) is 4.98 Å². The Kier molecular flexibility index (Phi) is 2.61. The molecule has 4 heteroatoms. The molecule has 0 aliphatic carbocycles. The molecule has 3 rings (SSSR count). The normalized spacial score (nSPS) is 16.0.